The molecular weight excluding hydrogens is 302 g/mol. The van der Waals surface area contributed by atoms with Crippen LogP contribution in [0.4, 0.5) is 0 Å². The zero-order valence-corrected chi connectivity index (χ0v) is 11.8. The lowest BCUT2D eigenvalue weighted by Gasteiger charge is -2.28. The molecule has 3 nitrogen and oxygen atoms in total. The van der Waals surface area contributed by atoms with Crippen LogP contribution in [-0.2, 0) is 11.3 Å². The van der Waals surface area contributed by atoms with Gasteiger partial charge in [-0.2, -0.15) is 0 Å². The van der Waals surface area contributed by atoms with E-state index in [0.717, 1.165) is 10.6 Å². The Morgan fingerprint density at radius 1 is 1.59 bits per heavy atom. The summed E-state index contributed by atoms with van der Waals surface area (Å²) in [6, 6.07) is 2.32. The van der Waals surface area contributed by atoms with E-state index in [0.29, 0.717) is 24.4 Å². The Morgan fingerprint density at radius 2 is 2.41 bits per heavy atom. The minimum atomic E-state index is 0.171. The predicted octanol–water partition coefficient (Wildman–Crippen LogP) is 2.64. The molecule has 1 atom stereocenters. The first-order valence-corrected chi connectivity index (χ1v) is 7.84. The minimum Gasteiger partial charge on any atom is -0.482 e. The molecule has 0 aromatic carbocycles. The maximum absolute atomic E-state index is 12.0. The molecule has 0 unspecified atom stereocenters. The van der Waals surface area contributed by atoms with Crippen molar-refractivity contribution in [3.05, 3.63) is 17.0 Å². The molecular formula is C12H14BrNO2S. The zero-order chi connectivity index (χ0) is 11.8. The second-order valence-corrected chi connectivity index (χ2v) is 6.04. The van der Waals surface area contributed by atoms with Gasteiger partial charge in [-0.05, 0) is 30.2 Å². The number of amides is 1. The molecule has 1 aromatic rings. The van der Waals surface area contributed by atoms with E-state index in [-0.39, 0.29) is 11.9 Å². The van der Waals surface area contributed by atoms with Crippen LogP contribution < -0.4 is 4.74 Å². The maximum atomic E-state index is 12.0. The highest BCUT2D eigenvalue weighted by molar-refractivity contribution is 9.09. The zero-order valence-electron chi connectivity index (χ0n) is 9.39. The van der Waals surface area contributed by atoms with Gasteiger partial charge >= 0.3 is 0 Å². The number of hydrogen-bond acceptors (Lipinski definition) is 3. The Balaban J connectivity index is 1.87. The van der Waals surface area contributed by atoms with E-state index in [1.165, 1.54) is 12.8 Å². The molecule has 0 N–H and O–H groups in total. The van der Waals surface area contributed by atoms with Crippen molar-refractivity contribution in [3.8, 4) is 5.06 Å². The van der Waals surface area contributed by atoms with E-state index in [9.17, 15) is 4.79 Å². The third-order valence-electron chi connectivity index (χ3n) is 3.43. The molecule has 5 heteroatoms. The molecule has 1 amide bonds. The van der Waals surface area contributed by atoms with E-state index >= 15 is 0 Å². The summed E-state index contributed by atoms with van der Waals surface area (Å²) in [7, 11) is 0. The molecule has 17 heavy (non-hydrogen) atoms. The highest BCUT2D eigenvalue weighted by atomic mass is 79.9. The Bertz CT molecular complexity index is 430. The van der Waals surface area contributed by atoms with Crippen LogP contribution in [0.3, 0.4) is 0 Å². The molecule has 0 saturated heterocycles. The summed E-state index contributed by atoms with van der Waals surface area (Å²) in [5.41, 5.74) is 1.15. The second kappa shape index (κ2) is 4.61. The van der Waals surface area contributed by atoms with Crippen LogP contribution in [0.2, 0.25) is 0 Å². The first kappa shape index (κ1) is 11.5. The predicted molar refractivity (Wildman–Crippen MR) is 70.7 cm³/mol. The highest BCUT2D eigenvalue weighted by Crippen LogP contribution is 2.39. The molecule has 1 aliphatic heterocycles. The van der Waals surface area contributed by atoms with Crippen molar-refractivity contribution in [1.29, 1.82) is 0 Å². The summed E-state index contributed by atoms with van der Waals surface area (Å²) in [5, 5.41) is 3.41. The lowest BCUT2D eigenvalue weighted by Crippen LogP contribution is -2.43. The molecule has 0 bridgehead atoms. The van der Waals surface area contributed by atoms with Gasteiger partial charge in [0.05, 0.1) is 17.9 Å². The standard InChI is InChI=1S/C12H14BrNO2S/c13-5-11(15)14-6-9-3-4-17-12(9)16-7-10(14)8-1-2-8/h3-4,8,10H,1-2,5-7H2/t10-/m1/s1. The number of halogens is 1. The van der Waals surface area contributed by atoms with Crippen molar-refractivity contribution in [2.45, 2.75) is 25.4 Å². The van der Waals surface area contributed by atoms with Gasteiger partial charge in [0.1, 0.15) is 6.61 Å². The van der Waals surface area contributed by atoms with Gasteiger partial charge in [0.15, 0.2) is 5.06 Å². The Kier molecular flexibility index (Phi) is 3.13. The topological polar surface area (TPSA) is 29.5 Å². The lowest BCUT2D eigenvalue weighted by atomic mass is 10.1. The van der Waals surface area contributed by atoms with Crippen LogP contribution in [0, 0.1) is 5.92 Å². The van der Waals surface area contributed by atoms with Gasteiger partial charge in [-0.25, -0.2) is 0 Å². The summed E-state index contributed by atoms with van der Waals surface area (Å²) in [4.78, 5) is 14.0. The molecule has 2 heterocycles. The van der Waals surface area contributed by atoms with Crippen LogP contribution in [0.5, 0.6) is 5.06 Å². The average Bonchev–Trinajstić information content (AvgIpc) is 3.11. The summed E-state index contributed by atoms with van der Waals surface area (Å²) in [6.07, 6.45) is 2.46. The molecule has 92 valence electrons. The summed E-state index contributed by atoms with van der Waals surface area (Å²) in [5.74, 6) is 0.816. The van der Waals surface area contributed by atoms with Crippen molar-refractivity contribution in [3.63, 3.8) is 0 Å². The smallest absolute Gasteiger partial charge is 0.233 e. The van der Waals surface area contributed by atoms with Crippen molar-refractivity contribution < 1.29 is 9.53 Å². The molecule has 0 spiro atoms. The van der Waals surface area contributed by atoms with Gasteiger partial charge in [0, 0.05) is 5.56 Å². The molecule has 2 aliphatic rings. The third-order valence-corrected chi connectivity index (χ3v) is 4.78. The number of alkyl halides is 1. The number of thiophene rings is 1. The number of hydrogen-bond donors (Lipinski definition) is 0. The van der Waals surface area contributed by atoms with Crippen molar-refractivity contribution in [1.82, 2.24) is 4.90 Å². The van der Waals surface area contributed by atoms with Crippen molar-refractivity contribution in [2.75, 3.05) is 11.9 Å². The molecule has 0 radical (unpaired) electrons. The summed E-state index contributed by atoms with van der Waals surface area (Å²) >= 11 is 4.90. The largest absolute Gasteiger partial charge is 0.482 e. The normalized spacial score (nSPS) is 23.8. The fourth-order valence-electron chi connectivity index (χ4n) is 2.34. The quantitative estimate of drug-likeness (QED) is 0.785. The molecule has 1 saturated carbocycles. The van der Waals surface area contributed by atoms with Crippen LogP contribution in [0.25, 0.3) is 0 Å². The molecule has 1 aromatic heterocycles. The molecule has 1 fully saturated rings. The van der Waals surface area contributed by atoms with E-state index in [1.54, 1.807) is 11.3 Å². The monoisotopic (exact) mass is 315 g/mol. The first-order chi connectivity index (χ1) is 8.29. The molecule has 3 rings (SSSR count). The van der Waals surface area contributed by atoms with E-state index in [1.807, 2.05) is 10.3 Å². The number of ether oxygens (including phenoxy) is 1. The van der Waals surface area contributed by atoms with Gasteiger partial charge < -0.3 is 9.64 Å². The lowest BCUT2D eigenvalue weighted by molar-refractivity contribution is -0.132. The summed E-state index contributed by atoms with van der Waals surface area (Å²) < 4.78 is 5.84. The van der Waals surface area contributed by atoms with Gasteiger partial charge in [-0.1, -0.05) is 15.9 Å². The summed E-state index contributed by atoms with van der Waals surface area (Å²) in [6.45, 7) is 1.35. The van der Waals surface area contributed by atoms with Gasteiger partial charge in [-0.15, -0.1) is 11.3 Å². The third kappa shape index (κ3) is 2.22. The van der Waals surface area contributed by atoms with Crippen LogP contribution in [0.15, 0.2) is 11.4 Å². The Morgan fingerprint density at radius 3 is 3.12 bits per heavy atom. The van der Waals surface area contributed by atoms with E-state index in [2.05, 4.69) is 22.0 Å². The average molecular weight is 316 g/mol. The number of nitrogens with zero attached hydrogens (tertiary/aromatic N) is 1. The first-order valence-electron chi connectivity index (χ1n) is 5.84. The van der Waals surface area contributed by atoms with Gasteiger partial charge in [0.2, 0.25) is 5.91 Å². The fraction of sp³-hybridized carbons (Fsp3) is 0.583. The maximum Gasteiger partial charge on any atom is 0.233 e. The highest BCUT2D eigenvalue weighted by Gasteiger charge is 2.39. The van der Waals surface area contributed by atoms with Crippen LogP contribution in [0.1, 0.15) is 18.4 Å². The Hall–Kier alpha value is -0.550. The number of rotatable bonds is 2. The SMILES string of the molecule is O=C(CBr)N1Cc2ccsc2OC[C@@H]1C1CC1. The van der Waals surface area contributed by atoms with E-state index in [4.69, 9.17) is 4.74 Å². The van der Waals surface area contributed by atoms with Gasteiger partial charge in [0.25, 0.3) is 0 Å². The van der Waals surface area contributed by atoms with E-state index < -0.39 is 0 Å². The van der Waals surface area contributed by atoms with Crippen molar-refractivity contribution >= 4 is 33.2 Å². The number of carbonyl (C=O) groups is 1. The molecule has 1 aliphatic carbocycles. The van der Waals surface area contributed by atoms with Crippen LogP contribution in [-0.4, -0.2) is 28.8 Å². The number of fused-ring (bicyclic) bond motifs is 1. The number of carbonyl (C=O) groups excluding carboxylic acids is 1. The Labute approximate surface area is 113 Å². The van der Waals surface area contributed by atoms with Crippen molar-refractivity contribution in [2.24, 2.45) is 5.92 Å². The van der Waals surface area contributed by atoms with Crippen LogP contribution >= 0.6 is 27.3 Å². The second-order valence-electron chi connectivity index (χ2n) is 4.60. The van der Waals surface area contributed by atoms with Gasteiger partial charge in [-0.3, -0.25) is 4.79 Å². The fourth-order valence-corrected chi connectivity index (χ4v) is 3.44. The minimum absolute atomic E-state index is 0.171.